The highest BCUT2D eigenvalue weighted by Gasteiger charge is 2.17. The van der Waals surface area contributed by atoms with E-state index in [1.165, 1.54) is 6.08 Å². The molecule has 2 N–H and O–H groups in total. The highest BCUT2D eigenvalue weighted by Crippen LogP contribution is 2.38. The number of nitrogens with zero attached hydrogens (tertiary/aromatic N) is 5. The van der Waals surface area contributed by atoms with Crippen LogP contribution in [0.15, 0.2) is 67.5 Å². The minimum absolute atomic E-state index is 0.313. The van der Waals surface area contributed by atoms with E-state index in [0.717, 1.165) is 35.4 Å². The fraction of sp³-hybridized carbons (Fsp3) is 0.300. The van der Waals surface area contributed by atoms with Crippen molar-refractivity contribution >= 4 is 39.8 Å². The van der Waals surface area contributed by atoms with Gasteiger partial charge < -0.3 is 39.2 Å². The summed E-state index contributed by atoms with van der Waals surface area (Å²) in [4.78, 5) is 25.6. The van der Waals surface area contributed by atoms with Gasteiger partial charge >= 0.3 is 0 Å². The summed E-state index contributed by atoms with van der Waals surface area (Å²) >= 11 is 0. The second-order valence-electron chi connectivity index (χ2n) is 9.60. The van der Waals surface area contributed by atoms with E-state index < -0.39 is 0 Å². The van der Waals surface area contributed by atoms with Gasteiger partial charge in [-0.2, -0.15) is 4.98 Å². The second kappa shape index (κ2) is 13.6. The van der Waals surface area contributed by atoms with Gasteiger partial charge in [-0.1, -0.05) is 6.58 Å². The van der Waals surface area contributed by atoms with Crippen molar-refractivity contribution in [2.24, 2.45) is 0 Å². The van der Waals surface area contributed by atoms with Crippen LogP contribution in [0.5, 0.6) is 11.5 Å². The first kappa shape index (κ1) is 29.4. The number of benzene rings is 2. The van der Waals surface area contributed by atoms with Crippen LogP contribution >= 0.6 is 0 Å². The van der Waals surface area contributed by atoms with E-state index in [1.54, 1.807) is 20.4 Å². The molecule has 0 saturated carbocycles. The summed E-state index contributed by atoms with van der Waals surface area (Å²) in [5.41, 5.74) is 2.95. The summed E-state index contributed by atoms with van der Waals surface area (Å²) < 4.78 is 18.6. The van der Waals surface area contributed by atoms with Crippen molar-refractivity contribution in [1.82, 2.24) is 19.4 Å². The Morgan fingerprint density at radius 2 is 1.88 bits per heavy atom. The lowest BCUT2D eigenvalue weighted by atomic mass is 10.2. The summed E-state index contributed by atoms with van der Waals surface area (Å²) in [6.07, 6.45) is 4.88. The van der Waals surface area contributed by atoms with Gasteiger partial charge in [0.1, 0.15) is 23.9 Å². The minimum Gasteiger partial charge on any atom is -0.494 e. The molecule has 41 heavy (non-hydrogen) atoms. The number of rotatable bonds is 14. The van der Waals surface area contributed by atoms with Gasteiger partial charge in [-0.3, -0.25) is 4.79 Å². The van der Waals surface area contributed by atoms with Gasteiger partial charge in [-0.25, -0.2) is 4.98 Å². The van der Waals surface area contributed by atoms with Crippen molar-refractivity contribution in [2.45, 2.75) is 0 Å². The Morgan fingerprint density at radius 1 is 1.05 bits per heavy atom. The van der Waals surface area contributed by atoms with Crippen molar-refractivity contribution in [3.63, 3.8) is 0 Å². The Hall–Kier alpha value is -4.61. The van der Waals surface area contributed by atoms with Crippen LogP contribution in [-0.4, -0.2) is 87.0 Å². The molecule has 4 rings (SSSR count). The predicted octanol–water partition coefficient (Wildman–Crippen LogP) is 4.32. The fourth-order valence-electron chi connectivity index (χ4n) is 4.21. The lowest BCUT2D eigenvalue weighted by Crippen LogP contribution is -2.29. The smallest absolute Gasteiger partial charge is 0.247 e. The van der Waals surface area contributed by atoms with Gasteiger partial charge in [0.05, 0.1) is 36.3 Å². The molecule has 2 aromatic heterocycles. The second-order valence-corrected chi connectivity index (χ2v) is 9.60. The zero-order valence-electron chi connectivity index (χ0n) is 24.2. The number of carbonyl (C=O) groups is 1. The largest absolute Gasteiger partial charge is 0.494 e. The normalized spacial score (nSPS) is 11.0. The number of likely N-dealkylation sites (N-methyl/N-ethyl adjacent to an activating group) is 2. The van der Waals surface area contributed by atoms with Crippen LogP contribution in [0.25, 0.3) is 16.7 Å². The first-order valence-corrected chi connectivity index (χ1v) is 13.2. The van der Waals surface area contributed by atoms with E-state index in [2.05, 4.69) is 32.0 Å². The maximum absolute atomic E-state index is 12.3. The molecule has 0 fully saturated rings. The molecule has 0 saturated heterocycles. The summed E-state index contributed by atoms with van der Waals surface area (Å²) in [6, 6.07) is 13.5. The molecule has 0 atom stereocenters. The maximum atomic E-state index is 12.3. The molecular weight excluding hydrogens is 522 g/mol. The molecule has 4 aromatic rings. The summed E-state index contributed by atoms with van der Waals surface area (Å²) in [5.74, 6) is 2.05. The molecule has 0 aliphatic heterocycles. The van der Waals surface area contributed by atoms with Crippen LogP contribution in [0, 0.1) is 0 Å². The van der Waals surface area contributed by atoms with E-state index >= 15 is 0 Å². The molecule has 0 aliphatic rings. The molecule has 2 heterocycles. The van der Waals surface area contributed by atoms with Crippen molar-refractivity contribution in [3.8, 4) is 17.3 Å². The number of amides is 1. The number of anilines is 4. The number of ether oxygens (including phenoxy) is 3. The van der Waals surface area contributed by atoms with Crippen LogP contribution < -0.4 is 25.0 Å². The molecule has 2 aromatic carbocycles. The number of hydrogen-bond donors (Lipinski definition) is 2. The number of hydrogen-bond acceptors (Lipinski definition) is 9. The van der Waals surface area contributed by atoms with Gasteiger partial charge in [-0.05, 0) is 50.5 Å². The molecular formula is C30H37N7O4. The third kappa shape index (κ3) is 7.33. The molecule has 0 radical (unpaired) electrons. The van der Waals surface area contributed by atoms with Gasteiger partial charge in [0.2, 0.25) is 11.9 Å². The van der Waals surface area contributed by atoms with Crippen molar-refractivity contribution in [2.75, 3.05) is 77.2 Å². The van der Waals surface area contributed by atoms with Gasteiger partial charge in [-0.15, -0.1) is 0 Å². The third-order valence-electron chi connectivity index (χ3n) is 6.41. The SMILES string of the molecule is C=CC(=O)Nc1cc(Nc2nccc(-n3ccc4ccc(OCCOC)cc43)n2)c(OC)cc1N(C)CCN(C)C. The summed E-state index contributed by atoms with van der Waals surface area (Å²) in [6.45, 7) is 6.14. The quantitative estimate of drug-likeness (QED) is 0.173. The van der Waals surface area contributed by atoms with Crippen LogP contribution in [-0.2, 0) is 9.53 Å². The Labute approximate surface area is 240 Å². The van der Waals surface area contributed by atoms with E-state index in [9.17, 15) is 4.79 Å². The molecule has 216 valence electrons. The lowest BCUT2D eigenvalue weighted by Gasteiger charge is -2.26. The number of aromatic nitrogens is 3. The average molecular weight is 560 g/mol. The Bertz CT molecular complexity index is 1500. The van der Waals surface area contributed by atoms with Crippen LogP contribution in [0.4, 0.5) is 23.0 Å². The van der Waals surface area contributed by atoms with Crippen molar-refractivity contribution < 1.29 is 19.0 Å². The average Bonchev–Trinajstić information content (AvgIpc) is 3.39. The van der Waals surface area contributed by atoms with Crippen molar-refractivity contribution in [3.05, 3.63) is 67.5 Å². The zero-order valence-corrected chi connectivity index (χ0v) is 24.2. The topological polar surface area (TPSA) is 106 Å². The number of carbonyl (C=O) groups excluding carboxylic acids is 1. The highest BCUT2D eigenvalue weighted by atomic mass is 16.5. The monoisotopic (exact) mass is 559 g/mol. The van der Waals surface area contributed by atoms with E-state index in [0.29, 0.717) is 42.1 Å². The zero-order chi connectivity index (χ0) is 29.4. The molecule has 0 spiro atoms. The number of methoxy groups -OCH3 is 2. The summed E-state index contributed by atoms with van der Waals surface area (Å²) in [7, 11) is 9.24. The third-order valence-corrected chi connectivity index (χ3v) is 6.41. The van der Waals surface area contributed by atoms with E-state index in [1.807, 2.05) is 74.4 Å². The van der Waals surface area contributed by atoms with E-state index in [4.69, 9.17) is 19.2 Å². The first-order valence-electron chi connectivity index (χ1n) is 13.2. The lowest BCUT2D eigenvalue weighted by molar-refractivity contribution is -0.111. The molecule has 0 aliphatic carbocycles. The molecule has 1 amide bonds. The Kier molecular flexibility index (Phi) is 9.77. The van der Waals surface area contributed by atoms with Gasteiger partial charge in [0, 0.05) is 57.2 Å². The van der Waals surface area contributed by atoms with Crippen LogP contribution in [0.1, 0.15) is 0 Å². The van der Waals surface area contributed by atoms with E-state index in [-0.39, 0.29) is 5.91 Å². The number of fused-ring (bicyclic) bond motifs is 1. The van der Waals surface area contributed by atoms with Gasteiger partial charge in [0.25, 0.3) is 0 Å². The molecule has 0 bridgehead atoms. The Balaban J connectivity index is 1.66. The highest BCUT2D eigenvalue weighted by molar-refractivity contribution is 6.02. The van der Waals surface area contributed by atoms with Gasteiger partial charge in [0.15, 0.2) is 0 Å². The number of nitrogens with one attached hydrogen (secondary N) is 2. The fourth-order valence-corrected chi connectivity index (χ4v) is 4.21. The predicted molar refractivity (Wildman–Crippen MR) is 163 cm³/mol. The molecule has 11 nitrogen and oxygen atoms in total. The molecule has 0 unspecified atom stereocenters. The first-order chi connectivity index (χ1) is 19.8. The maximum Gasteiger partial charge on any atom is 0.247 e. The van der Waals surface area contributed by atoms with Crippen molar-refractivity contribution in [1.29, 1.82) is 0 Å². The van der Waals surface area contributed by atoms with Crippen LogP contribution in [0.2, 0.25) is 0 Å². The molecule has 11 heteroatoms. The summed E-state index contributed by atoms with van der Waals surface area (Å²) in [5, 5.41) is 7.23. The minimum atomic E-state index is -0.313. The standard InChI is InChI=1S/C30H37N7O4/c1-7-29(38)32-23-19-24(27(40-6)20-26(23)36(4)15-14-35(2)3)33-30-31-12-10-28(34-30)37-13-11-21-8-9-22(18-25(21)37)41-17-16-39-5/h7-13,18-20H,1,14-17H2,2-6H3,(H,32,38)(H,31,33,34). The Morgan fingerprint density at radius 3 is 2.61 bits per heavy atom. The van der Waals surface area contributed by atoms with Crippen LogP contribution in [0.3, 0.4) is 0 Å².